The van der Waals surface area contributed by atoms with E-state index in [-0.39, 0.29) is 18.3 Å². The lowest BCUT2D eigenvalue weighted by molar-refractivity contribution is -0.144. The molecule has 0 amide bonds. The number of ketones is 1. The summed E-state index contributed by atoms with van der Waals surface area (Å²) in [5.41, 5.74) is -0.973. The number of hydrogen-bond donors (Lipinski definition) is 1. The van der Waals surface area contributed by atoms with Crippen molar-refractivity contribution in [1.29, 1.82) is 0 Å². The number of carbonyl (C=O) groups is 2. The Bertz CT molecular complexity index is 1310. The number of aliphatic hydroxyl groups excluding tert-OH is 1. The van der Waals surface area contributed by atoms with Crippen molar-refractivity contribution < 1.29 is 28.6 Å². The number of ether oxygens (including phenoxy) is 2. The molecule has 1 heterocycles. The zero-order valence-corrected chi connectivity index (χ0v) is 27.1. The van der Waals surface area contributed by atoms with Crippen molar-refractivity contribution in [1.82, 2.24) is 0 Å². The van der Waals surface area contributed by atoms with E-state index in [4.69, 9.17) is 13.9 Å². The molecule has 4 atom stereocenters. The molecule has 0 fully saturated rings. The van der Waals surface area contributed by atoms with E-state index in [1.807, 2.05) is 73.7 Å². The zero-order chi connectivity index (χ0) is 31.6. The second-order valence-electron chi connectivity index (χ2n) is 12.1. The van der Waals surface area contributed by atoms with Gasteiger partial charge in [-0.15, -0.1) is 0 Å². The van der Waals surface area contributed by atoms with Gasteiger partial charge in [0.1, 0.15) is 11.9 Å². The predicted octanol–water partition coefficient (Wildman–Crippen LogP) is 4.34. The molecule has 0 saturated heterocycles. The molecule has 1 aliphatic heterocycles. The van der Waals surface area contributed by atoms with Crippen molar-refractivity contribution in [2.75, 3.05) is 19.8 Å². The lowest BCUT2D eigenvalue weighted by Crippen LogP contribution is -2.69. The van der Waals surface area contributed by atoms with E-state index in [1.54, 1.807) is 26.8 Å². The van der Waals surface area contributed by atoms with Gasteiger partial charge in [0.2, 0.25) is 0 Å². The molecule has 3 aromatic rings. The van der Waals surface area contributed by atoms with Crippen molar-refractivity contribution in [3.05, 3.63) is 115 Å². The van der Waals surface area contributed by atoms with E-state index in [0.29, 0.717) is 19.6 Å². The second-order valence-corrected chi connectivity index (χ2v) is 15.5. The molecule has 0 bridgehead atoms. The normalized spacial score (nSPS) is 25.1. The smallest absolute Gasteiger partial charge is 0.330 e. The van der Waals surface area contributed by atoms with E-state index < -0.39 is 37.8 Å². The topological polar surface area (TPSA) is 82.1 Å². The van der Waals surface area contributed by atoms with Gasteiger partial charge in [-0.1, -0.05) is 123 Å². The summed E-state index contributed by atoms with van der Waals surface area (Å²) >= 11 is 0. The van der Waals surface area contributed by atoms with E-state index in [1.165, 1.54) is 6.08 Å². The van der Waals surface area contributed by atoms with Crippen LogP contribution < -0.4 is 15.6 Å². The van der Waals surface area contributed by atoms with Gasteiger partial charge in [0.15, 0.2) is 0 Å². The molecule has 6 nitrogen and oxygen atoms in total. The number of rotatable bonds is 6. The molecule has 0 radical (unpaired) electrons. The highest BCUT2D eigenvalue weighted by Crippen LogP contribution is 2.27. The van der Waals surface area contributed by atoms with Crippen LogP contribution in [0.25, 0.3) is 0 Å². The van der Waals surface area contributed by atoms with Gasteiger partial charge in [0.25, 0.3) is 8.32 Å². The Morgan fingerprint density at radius 1 is 0.841 bits per heavy atom. The fourth-order valence-electron chi connectivity index (χ4n) is 5.67. The minimum Gasteiger partial charge on any atom is -0.456 e. The fourth-order valence-corrected chi connectivity index (χ4v) is 9.59. The quantitative estimate of drug-likeness (QED) is 0.193. The molecule has 44 heavy (non-hydrogen) atoms. The monoisotopic (exact) mass is 612 g/mol. The minimum atomic E-state index is -3.01. The van der Waals surface area contributed by atoms with Gasteiger partial charge in [-0.25, -0.2) is 4.79 Å². The Labute approximate surface area is 262 Å². The molecule has 232 valence electrons. The van der Waals surface area contributed by atoms with Crippen molar-refractivity contribution in [3.63, 3.8) is 0 Å². The lowest BCUT2D eigenvalue weighted by atomic mass is 9.77. The highest BCUT2D eigenvalue weighted by molar-refractivity contribution is 7.07. The summed E-state index contributed by atoms with van der Waals surface area (Å²) in [5, 5.41) is 14.0. The van der Waals surface area contributed by atoms with E-state index in [2.05, 4.69) is 36.4 Å². The van der Waals surface area contributed by atoms with Crippen LogP contribution in [0, 0.1) is 17.3 Å². The molecule has 0 saturated carbocycles. The maximum atomic E-state index is 13.3. The maximum Gasteiger partial charge on any atom is 0.330 e. The average molecular weight is 613 g/mol. The molecule has 0 unspecified atom stereocenters. The SMILES string of the molecule is C[C@H]1COC/C=C/C[C@@H](CO[Si](c2ccccc2)(c2ccccc2)c2ccccc2)OC(=O)/C=C/C(C)(C)C(=O)[C@H](C)[C@@H]1O. The summed E-state index contributed by atoms with van der Waals surface area (Å²) in [7, 11) is -3.01. The number of hydrogen-bond acceptors (Lipinski definition) is 6. The highest BCUT2D eigenvalue weighted by Gasteiger charge is 2.42. The molecule has 1 N–H and O–H groups in total. The van der Waals surface area contributed by atoms with Gasteiger partial charge in [0.05, 0.1) is 25.9 Å². The minimum absolute atomic E-state index is 0.155. The number of Topliss-reactive ketones (excluding diaryl/α,β-unsaturated/α-hetero) is 1. The first kappa shape index (κ1) is 33.3. The van der Waals surface area contributed by atoms with Crippen molar-refractivity contribution >= 4 is 35.6 Å². The van der Waals surface area contributed by atoms with Crippen molar-refractivity contribution in [2.45, 2.75) is 46.3 Å². The van der Waals surface area contributed by atoms with Gasteiger partial charge in [-0.3, -0.25) is 4.79 Å². The summed E-state index contributed by atoms with van der Waals surface area (Å²) in [6.07, 6.45) is 5.69. The van der Waals surface area contributed by atoms with Crippen LogP contribution in [0.1, 0.15) is 34.1 Å². The largest absolute Gasteiger partial charge is 0.456 e. The Kier molecular flexibility index (Phi) is 11.6. The molecule has 0 spiro atoms. The highest BCUT2D eigenvalue weighted by atomic mass is 28.4. The summed E-state index contributed by atoms with van der Waals surface area (Å²) < 4.78 is 18.8. The fraction of sp³-hybridized carbons (Fsp3) is 0.351. The predicted molar refractivity (Wildman–Crippen MR) is 177 cm³/mol. The van der Waals surface area contributed by atoms with Crippen LogP contribution in [-0.2, 0) is 23.5 Å². The Balaban J connectivity index is 1.67. The van der Waals surface area contributed by atoms with Gasteiger partial charge >= 0.3 is 5.97 Å². The van der Waals surface area contributed by atoms with E-state index in [9.17, 15) is 14.7 Å². The number of carbonyl (C=O) groups excluding carboxylic acids is 2. The summed E-state index contributed by atoms with van der Waals surface area (Å²) in [4.78, 5) is 26.4. The van der Waals surface area contributed by atoms with E-state index >= 15 is 0 Å². The Morgan fingerprint density at radius 2 is 1.36 bits per heavy atom. The summed E-state index contributed by atoms with van der Waals surface area (Å²) in [6, 6.07) is 30.8. The first-order valence-corrected chi connectivity index (χ1v) is 17.2. The molecule has 7 heteroatoms. The number of cyclic esters (lactones) is 1. The zero-order valence-electron chi connectivity index (χ0n) is 26.1. The van der Waals surface area contributed by atoms with Crippen LogP contribution in [0.15, 0.2) is 115 Å². The average Bonchev–Trinajstić information content (AvgIpc) is 3.05. The van der Waals surface area contributed by atoms with Gasteiger partial charge < -0.3 is 19.0 Å². The number of aliphatic hydroxyl groups is 1. The van der Waals surface area contributed by atoms with Crippen LogP contribution in [0.5, 0.6) is 0 Å². The molecule has 0 aliphatic carbocycles. The third kappa shape index (κ3) is 8.10. The second kappa shape index (κ2) is 15.4. The first-order chi connectivity index (χ1) is 21.1. The van der Waals surface area contributed by atoms with Gasteiger partial charge in [-0.2, -0.15) is 0 Å². The molecule has 0 aromatic heterocycles. The number of benzene rings is 3. The number of allylic oxidation sites excluding steroid dienone is 1. The lowest BCUT2D eigenvalue weighted by Gasteiger charge is -2.34. The van der Waals surface area contributed by atoms with Crippen molar-refractivity contribution in [3.8, 4) is 0 Å². The third-order valence-electron chi connectivity index (χ3n) is 8.25. The van der Waals surface area contributed by atoms with Crippen LogP contribution in [-0.4, -0.2) is 57.2 Å². The number of esters is 1. The standard InChI is InChI=1S/C37H44O6Si/c1-28-26-41-25-15-14-16-30(43-34(38)23-24-37(3,4)36(40)29(2)35(28)39)27-42-44(31-17-8-5-9-18-31,32-19-10-6-11-20-32)33-21-12-7-13-22-33/h5-15,17-24,28-30,35,39H,16,25-27H2,1-4H3/b15-14+,24-23+/t28-,29+,30-,35+/m0/s1. The molecule has 1 aliphatic rings. The summed E-state index contributed by atoms with van der Waals surface area (Å²) in [6.45, 7) is 7.90. The van der Waals surface area contributed by atoms with Crippen molar-refractivity contribution in [2.24, 2.45) is 17.3 Å². The molecular formula is C37H44O6Si. The van der Waals surface area contributed by atoms with Crippen LogP contribution in [0.3, 0.4) is 0 Å². The molecular weight excluding hydrogens is 568 g/mol. The molecule has 4 rings (SSSR count). The Hall–Kier alpha value is -3.62. The van der Waals surface area contributed by atoms with Gasteiger partial charge in [-0.05, 0) is 29.4 Å². The molecule has 3 aromatic carbocycles. The van der Waals surface area contributed by atoms with E-state index in [0.717, 1.165) is 15.6 Å². The Morgan fingerprint density at radius 3 is 1.89 bits per heavy atom. The maximum absolute atomic E-state index is 13.3. The third-order valence-corrected chi connectivity index (χ3v) is 12.3. The first-order valence-electron chi connectivity index (χ1n) is 15.3. The van der Waals surface area contributed by atoms with Crippen LogP contribution >= 0.6 is 0 Å². The van der Waals surface area contributed by atoms with Gasteiger partial charge in [0, 0.05) is 29.7 Å². The van der Waals surface area contributed by atoms with Crippen LogP contribution in [0.2, 0.25) is 0 Å². The summed E-state index contributed by atoms with van der Waals surface area (Å²) in [5.74, 6) is -1.56. The van der Waals surface area contributed by atoms with Crippen LogP contribution in [0.4, 0.5) is 0 Å².